The molecule has 2 saturated heterocycles. The number of carbonyl (C=O) groups is 1. The normalized spacial score (nSPS) is 26.5. The quantitative estimate of drug-likeness (QED) is 0.856. The van der Waals surface area contributed by atoms with Crippen molar-refractivity contribution in [1.82, 2.24) is 25.0 Å². The van der Waals surface area contributed by atoms with E-state index in [4.69, 9.17) is 4.74 Å². The first-order valence-corrected chi connectivity index (χ1v) is 7.82. The molecule has 2 aliphatic rings. The third-order valence-corrected chi connectivity index (χ3v) is 4.21. The van der Waals surface area contributed by atoms with E-state index in [-0.39, 0.29) is 18.9 Å². The number of likely N-dealkylation sites (tertiary alicyclic amines) is 1. The van der Waals surface area contributed by atoms with Gasteiger partial charge in [-0.15, -0.1) is 0 Å². The molecule has 8 heteroatoms. The summed E-state index contributed by atoms with van der Waals surface area (Å²) in [6.45, 7) is 4.95. The Morgan fingerprint density at radius 2 is 2.23 bits per heavy atom. The highest BCUT2D eigenvalue weighted by atomic mass is 19.1. The molecule has 2 fully saturated rings. The first kappa shape index (κ1) is 15.4. The number of amides is 1. The van der Waals surface area contributed by atoms with E-state index < -0.39 is 12.2 Å². The molecule has 3 rings (SSSR count). The van der Waals surface area contributed by atoms with E-state index in [0.29, 0.717) is 38.7 Å². The molecule has 122 valence electrons. The predicted molar refractivity (Wildman–Crippen MR) is 76.9 cm³/mol. The fraction of sp³-hybridized carbons (Fsp3) is 0.786. The Morgan fingerprint density at radius 1 is 1.45 bits per heavy atom. The second-order valence-corrected chi connectivity index (χ2v) is 5.77. The highest BCUT2D eigenvalue weighted by Crippen LogP contribution is 2.24. The Morgan fingerprint density at radius 3 is 2.91 bits per heavy atom. The zero-order valence-electron chi connectivity index (χ0n) is 12.8. The molecule has 0 saturated carbocycles. The lowest BCUT2D eigenvalue weighted by Crippen LogP contribution is -2.49. The zero-order chi connectivity index (χ0) is 15.5. The molecule has 0 spiro atoms. The van der Waals surface area contributed by atoms with Gasteiger partial charge in [-0.1, -0.05) is 6.92 Å². The number of morpholine rings is 1. The molecule has 1 N–H and O–H groups in total. The number of nitrogens with one attached hydrogen (secondary N) is 1. The number of ether oxygens (including phenoxy) is 1. The minimum absolute atomic E-state index is 0.00122. The van der Waals surface area contributed by atoms with E-state index in [1.165, 1.54) is 0 Å². The minimum Gasteiger partial charge on any atom is -0.378 e. The van der Waals surface area contributed by atoms with Crippen LogP contribution in [0.1, 0.15) is 25.0 Å². The summed E-state index contributed by atoms with van der Waals surface area (Å²) in [5, 5.41) is 6.95. The molecule has 1 aromatic rings. The number of hydrogen-bond acceptors (Lipinski definition) is 5. The Balaban J connectivity index is 1.67. The van der Waals surface area contributed by atoms with Gasteiger partial charge in [0.15, 0.2) is 0 Å². The number of aryl methyl sites for hydroxylation is 1. The summed E-state index contributed by atoms with van der Waals surface area (Å²) < 4.78 is 19.1. The van der Waals surface area contributed by atoms with Crippen LogP contribution in [0.3, 0.4) is 0 Å². The van der Waals surface area contributed by atoms with Crippen molar-refractivity contribution in [3.8, 4) is 0 Å². The van der Waals surface area contributed by atoms with Gasteiger partial charge < -0.3 is 9.64 Å². The van der Waals surface area contributed by atoms with Gasteiger partial charge in [0.25, 0.3) is 0 Å². The highest BCUT2D eigenvalue weighted by Gasteiger charge is 2.39. The van der Waals surface area contributed by atoms with Gasteiger partial charge in [0, 0.05) is 32.5 Å². The van der Waals surface area contributed by atoms with Crippen LogP contribution in [0.25, 0.3) is 0 Å². The molecule has 1 aromatic heterocycles. The average Bonchev–Trinajstić information content (AvgIpc) is 3.14. The second-order valence-electron chi connectivity index (χ2n) is 5.77. The lowest BCUT2D eigenvalue weighted by atomic mass is 10.1. The van der Waals surface area contributed by atoms with Crippen LogP contribution in [-0.2, 0) is 22.5 Å². The van der Waals surface area contributed by atoms with E-state index in [1.807, 2.05) is 11.8 Å². The first-order chi connectivity index (χ1) is 10.7. The molecule has 22 heavy (non-hydrogen) atoms. The third-order valence-electron chi connectivity index (χ3n) is 4.21. The number of aromatic amines is 1. The summed E-state index contributed by atoms with van der Waals surface area (Å²) in [5.41, 5.74) is 0. The van der Waals surface area contributed by atoms with E-state index in [0.717, 1.165) is 12.2 Å². The maximum atomic E-state index is 13.8. The van der Waals surface area contributed by atoms with E-state index in [9.17, 15) is 9.18 Å². The summed E-state index contributed by atoms with van der Waals surface area (Å²) in [5.74, 6) is 1.42. The zero-order valence-corrected chi connectivity index (χ0v) is 12.8. The maximum Gasteiger partial charge on any atom is 0.240 e. The van der Waals surface area contributed by atoms with Gasteiger partial charge in [-0.25, -0.2) is 9.37 Å². The molecule has 0 aromatic carbocycles. The van der Waals surface area contributed by atoms with Crippen molar-refractivity contribution in [3.05, 3.63) is 11.6 Å². The fourth-order valence-corrected chi connectivity index (χ4v) is 3.03. The lowest BCUT2D eigenvalue weighted by Gasteiger charge is -2.32. The van der Waals surface area contributed by atoms with Crippen molar-refractivity contribution in [1.29, 1.82) is 0 Å². The Kier molecular flexibility index (Phi) is 4.68. The smallest absolute Gasteiger partial charge is 0.240 e. The van der Waals surface area contributed by atoms with Gasteiger partial charge in [-0.05, 0) is 0 Å². The SMILES string of the molecule is CCc1n[nH]c(CN2C[C@H](F)C[C@H]2C(=O)N2CCOCC2)n1. The van der Waals surface area contributed by atoms with E-state index >= 15 is 0 Å². The van der Waals surface area contributed by atoms with Crippen molar-refractivity contribution in [2.75, 3.05) is 32.8 Å². The van der Waals surface area contributed by atoms with Crippen LogP contribution in [0.4, 0.5) is 4.39 Å². The monoisotopic (exact) mass is 311 g/mol. The molecule has 7 nitrogen and oxygen atoms in total. The third kappa shape index (κ3) is 3.27. The summed E-state index contributed by atoms with van der Waals surface area (Å²) in [6.07, 6.45) is 0.0344. The number of aromatic nitrogens is 3. The van der Waals surface area contributed by atoms with Gasteiger partial charge in [-0.2, -0.15) is 5.10 Å². The van der Waals surface area contributed by atoms with Crippen LogP contribution in [0.2, 0.25) is 0 Å². The van der Waals surface area contributed by atoms with Crippen molar-refractivity contribution in [2.45, 2.75) is 38.5 Å². The second kappa shape index (κ2) is 6.70. The molecule has 2 aliphatic heterocycles. The number of hydrogen-bond donors (Lipinski definition) is 1. The van der Waals surface area contributed by atoms with Crippen molar-refractivity contribution in [2.24, 2.45) is 0 Å². The molecule has 1 amide bonds. The topological polar surface area (TPSA) is 74.4 Å². The number of H-pyrrole nitrogens is 1. The summed E-state index contributed by atoms with van der Waals surface area (Å²) in [4.78, 5) is 20.6. The van der Waals surface area contributed by atoms with Crippen LogP contribution >= 0.6 is 0 Å². The molecule has 0 aliphatic carbocycles. The minimum atomic E-state index is -0.969. The van der Waals surface area contributed by atoms with E-state index in [2.05, 4.69) is 15.2 Å². The van der Waals surface area contributed by atoms with Crippen molar-refractivity contribution >= 4 is 5.91 Å². The lowest BCUT2D eigenvalue weighted by molar-refractivity contribution is -0.140. The average molecular weight is 311 g/mol. The van der Waals surface area contributed by atoms with Crippen LogP contribution < -0.4 is 0 Å². The van der Waals surface area contributed by atoms with Crippen LogP contribution in [0, 0.1) is 0 Å². The standard InChI is InChI=1S/C14H22FN5O2/c1-2-12-16-13(18-17-12)9-20-8-10(15)7-11(20)14(21)19-3-5-22-6-4-19/h10-11H,2-9H2,1H3,(H,16,17,18)/t10-,11+/m1/s1. The highest BCUT2D eigenvalue weighted by molar-refractivity contribution is 5.82. The van der Waals surface area contributed by atoms with Gasteiger partial charge in [-0.3, -0.25) is 14.8 Å². The summed E-state index contributed by atoms with van der Waals surface area (Å²) in [7, 11) is 0. The van der Waals surface area contributed by atoms with Gasteiger partial charge in [0.1, 0.15) is 17.8 Å². The molecule has 0 bridgehead atoms. The van der Waals surface area contributed by atoms with Crippen molar-refractivity contribution in [3.63, 3.8) is 0 Å². The maximum absolute atomic E-state index is 13.8. The van der Waals surface area contributed by atoms with E-state index in [1.54, 1.807) is 4.90 Å². The van der Waals surface area contributed by atoms with Gasteiger partial charge in [0.2, 0.25) is 5.91 Å². The molecule has 0 radical (unpaired) electrons. The summed E-state index contributed by atoms with van der Waals surface area (Å²) in [6, 6.07) is -0.414. The molecular formula is C14H22FN5O2. The van der Waals surface area contributed by atoms with Crippen LogP contribution in [-0.4, -0.2) is 75.9 Å². The number of halogens is 1. The molecular weight excluding hydrogens is 289 g/mol. The Bertz CT molecular complexity index is 517. The number of rotatable bonds is 4. The van der Waals surface area contributed by atoms with Crippen molar-refractivity contribution < 1.29 is 13.9 Å². The fourth-order valence-electron chi connectivity index (χ4n) is 3.03. The Hall–Kier alpha value is -1.54. The van der Waals surface area contributed by atoms with Crippen LogP contribution in [0.15, 0.2) is 0 Å². The molecule has 3 heterocycles. The first-order valence-electron chi connectivity index (χ1n) is 7.82. The van der Waals surface area contributed by atoms with Gasteiger partial charge >= 0.3 is 0 Å². The molecule has 0 unspecified atom stereocenters. The molecule has 2 atom stereocenters. The van der Waals surface area contributed by atoms with Crippen LogP contribution in [0.5, 0.6) is 0 Å². The largest absolute Gasteiger partial charge is 0.378 e. The number of nitrogens with zero attached hydrogens (tertiary/aromatic N) is 4. The van der Waals surface area contributed by atoms with Gasteiger partial charge in [0.05, 0.1) is 25.8 Å². The number of carbonyl (C=O) groups excluding carboxylic acids is 1. The predicted octanol–water partition coefficient (Wildman–Crippen LogP) is 0.138. The number of alkyl halides is 1. The summed E-state index contributed by atoms with van der Waals surface area (Å²) >= 11 is 0. The Labute approximate surface area is 128 Å².